The normalized spacial score (nSPS) is 10.4. The Labute approximate surface area is 141 Å². The van der Waals surface area contributed by atoms with Gasteiger partial charge in [-0.3, -0.25) is 4.79 Å². The van der Waals surface area contributed by atoms with E-state index in [-0.39, 0.29) is 5.91 Å². The minimum atomic E-state index is -0.166. The van der Waals surface area contributed by atoms with Gasteiger partial charge in [0.25, 0.3) is 5.91 Å². The Bertz CT molecular complexity index is 851. The molecule has 0 unspecified atom stereocenters. The van der Waals surface area contributed by atoms with Gasteiger partial charge in [0.15, 0.2) is 0 Å². The molecule has 0 aromatic heterocycles. The van der Waals surface area contributed by atoms with Crippen molar-refractivity contribution in [2.75, 3.05) is 14.2 Å². The van der Waals surface area contributed by atoms with E-state index in [2.05, 4.69) is 29.6 Å². The van der Waals surface area contributed by atoms with Crippen molar-refractivity contribution >= 4 is 16.7 Å². The number of fused-ring (bicyclic) bond motifs is 1. The van der Waals surface area contributed by atoms with E-state index in [0.29, 0.717) is 23.6 Å². The minimum absolute atomic E-state index is 0.166. The average molecular weight is 321 g/mol. The predicted molar refractivity (Wildman–Crippen MR) is 94.7 cm³/mol. The maximum Gasteiger partial charge on any atom is 0.251 e. The van der Waals surface area contributed by atoms with E-state index in [1.807, 2.05) is 18.2 Å². The van der Waals surface area contributed by atoms with Crippen LogP contribution in [0.2, 0.25) is 0 Å². The number of hydrogen-bond acceptors (Lipinski definition) is 3. The largest absolute Gasteiger partial charge is 0.497 e. The summed E-state index contributed by atoms with van der Waals surface area (Å²) < 4.78 is 10.4. The molecule has 0 saturated carbocycles. The summed E-state index contributed by atoms with van der Waals surface area (Å²) in [6.07, 6.45) is 0. The lowest BCUT2D eigenvalue weighted by Crippen LogP contribution is -2.22. The monoisotopic (exact) mass is 321 g/mol. The van der Waals surface area contributed by atoms with Gasteiger partial charge in [-0.05, 0) is 34.5 Å². The highest BCUT2D eigenvalue weighted by Crippen LogP contribution is 2.22. The molecule has 0 aliphatic rings. The van der Waals surface area contributed by atoms with Gasteiger partial charge in [0.05, 0.1) is 14.2 Å². The molecule has 0 bridgehead atoms. The number of methoxy groups -OCH3 is 2. The van der Waals surface area contributed by atoms with Gasteiger partial charge in [0, 0.05) is 18.2 Å². The van der Waals surface area contributed by atoms with Crippen molar-refractivity contribution in [1.29, 1.82) is 0 Å². The first-order chi connectivity index (χ1) is 11.7. The number of amides is 1. The summed E-state index contributed by atoms with van der Waals surface area (Å²) in [6, 6.07) is 19.4. The van der Waals surface area contributed by atoms with Crippen molar-refractivity contribution in [2.45, 2.75) is 6.54 Å². The summed E-state index contributed by atoms with van der Waals surface area (Å²) >= 11 is 0. The van der Waals surface area contributed by atoms with Crippen LogP contribution in [-0.4, -0.2) is 20.1 Å². The fourth-order valence-corrected chi connectivity index (χ4v) is 2.57. The molecule has 4 nitrogen and oxygen atoms in total. The molecule has 1 N–H and O–H groups in total. The molecule has 0 atom stereocenters. The second-order valence-electron chi connectivity index (χ2n) is 5.47. The highest BCUT2D eigenvalue weighted by Gasteiger charge is 2.09. The number of nitrogens with one attached hydrogen (secondary N) is 1. The van der Waals surface area contributed by atoms with Crippen LogP contribution in [0.25, 0.3) is 10.8 Å². The summed E-state index contributed by atoms with van der Waals surface area (Å²) in [6.45, 7) is 0.462. The van der Waals surface area contributed by atoms with Crippen molar-refractivity contribution < 1.29 is 14.3 Å². The van der Waals surface area contributed by atoms with E-state index in [1.54, 1.807) is 32.4 Å². The van der Waals surface area contributed by atoms with E-state index in [9.17, 15) is 4.79 Å². The van der Waals surface area contributed by atoms with Gasteiger partial charge in [-0.25, -0.2) is 0 Å². The Morgan fingerprint density at radius 1 is 0.875 bits per heavy atom. The smallest absolute Gasteiger partial charge is 0.251 e. The number of carbonyl (C=O) groups excluding carboxylic acids is 1. The number of benzene rings is 3. The summed E-state index contributed by atoms with van der Waals surface area (Å²) in [5.74, 6) is 1.01. The molecule has 3 rings (SSSR count). The Kier molecular flexibility index (Phi) is 4.66. The molecule has 3 aromatic carbocycles. The van der Waals surface area contributed by atoms with Crippen molar-refractivity contribution in [1.82, 2.24) is 5.32 Å². The third-order valence-electron chi connectivity index (χ3n) is 3.88. The summed E-state index contributed by atoms with van der Waals surface area (Å²) in [4.78, 5) is 12.4. The fourth-order valence-electron chi connectivity index (χ4n) is 2.57. The molecule has 122 valence electrons. The van der Waals surface area contributed by atoms with Crippen LogP contribution in [0, 0.1) is 0 Å². The topological polar surface area (TPSA) is 47.6 Å². The van der Waals surface area contributed by atoms with Gasteiger partial charge in [0.2, 0.25) is 0 Å². The molecule has 0 spiro atoms. The second kappa shape index (κ2) is 7.04. The summed E-state index contributed by atoms with van der Waals surface area (Å²) in [5, 5.41) is 5.28. The fraction of sp³-hybridized carbons (Fsp3) is 0.150. The van der Waals surface area contributed by atoms with E-state index >= 15 is 0 Å². The van der Waals surface area contributed by atoms with Crippen molar-refractivity contribution in [3.05, 3.63) is 71.8 Å². The molecular formula is C20H19NO3. The molecule has 0 saturated heterocycles. The van der Waals surface area contributed by atoms with Gasteiger partial charge in [-0.2, -0.15) is 0 Å². The Morgan fingerprint density at radius 3 is 2.21 bits per heavy atom. The van der Waals surface area contributed by atoms with E-state index < -0.39 is 0 Å². The SMILES string of the molecule is COc1cc(OC)cc(C(=O)NCc2ccc3ccccc3c2)c1. The van der Waals surface area contributed by atoms with Crippen molar-refractivity contribution in [3.63, 3.8) is 0 Å². The molecule has 3 aromatic rings. The lowest BCUT2D eigenvalue weighted by Gasteiger charge is -2.10. The van der Waals surface area contributed by atoms with Crippen LogP contribution in [0.1, 0.15) is 15.9 Å². The van der Waals surface area contributed by atoms with Crippen LogP contribution in [0.5, 0.6) is 11.5 Å². The number of rotatable bonds is 5. The highest BCUT2D eigenvalue weighted by molar-refractivity contribution is 5.95. The molecule has 0 heterocycles. The molecule has 0 fully saturated rings. The van der Waals surface area contributed by atoms with Crippen LogP contribution in [0.3, 0.4) is 0 Å². The number of ether oxygens (including phenoxy) is 2. The zero-order chi connectivity index (χ0) is 16.9. The Balaban J connectivity index is 1.74. The van der Waals surface area contributed by atoms with Crippen LogP contribution >= 0.6 is 0 Å². The zero-order valence-corrected chi connectivity index (χ0v) is 13.7. The number of hydrogen-bond donors (Lipinski definition) is 1. The molecule has 0 aliphatic carbocycles. The predicted octanol–water partition coefficient (Wildman–Crippen LogP) is 3.79. The van der Waals surface area contributed by atoms with Gasteiger partial charge >= 0.3 is 0 Å². The van der Waals surface area contributed by atoms with Gasteiger partial charge in [-0.1, -0.05) is 36.4 Å². The lowest BCUT2D eigenvalue weighted by molar-refractivity contribution is 0.0950. The summed E-state index contributed by atoms with van der Waals surface area (Å²) in [7, 11) is 3.12. The van der Waals surface area contributed by atoms with Gasteiger partial charge in [0.1, 0.15) is 11.5 Å². The van der Waals surface area contributed by atoms with Crippen molar-refractivity contribution in [3.8, 4) is 11.5 Å². The quantitative estimate of drug-likeness (QED) is 0.778. The first-order valence-electron chi connectivity index (χ1n) is 7.68. The zero-order valence-electron chi connectivity index (χ0n) is 13.7. The Hall–Kier alpha value is -3.01. The number of carbonyl (C=O) groups is 1. The summed E-state index contributed by atoms with van der Waals surface area (Å²) in [5.41, 5.74) is 1.56. The lowest BCUT2D eigenvalue weighted by atomic mass is 10.1. The molecule has 0 radical (unpaired) electrons. The standard InChI is InChI=1S/C20H19NO3/c1-23-18-10-17(11-19(12-18)24-2)20(22)21-13-14-7-8-15-5-3-4-6-16(15)9-14/h3-12H,13H2,1-2H3,(H,21,22). The van der Waals surface area contributed by atoms with E-state index in [4.69, 9.17) is 9.47 Å². The second-order valence-corrected chi connectivity index (χ2v) is 5.47. The van der Waals surface area contributed by atoms with Gasteiger partial charge < -0.3 is 14.8 Å². The molecule has 4 heteroatoms. The van der Waals surface area contributed by atoms with E-state index in [1.165, 1.54) is 5.39 Å². The first-order valence-corrected chi connectivity index (χ1v) is 7.68. The highest BCUT2D eigenvalue weighted by atomic mass is 16.5. The third-order valence-corrected chi connectivity index (χ3v) is 3.88. The van der Waals surface area contributed by atoms with Crippen LogP contribution < -0.4 is 14.8 Å². The first kappa shape index (κ1) is 15.9. The average Bonchev–Trinajstić information content (AvgIpc) is 2.65. The molecular weight excluding hydrogens is 302 g/mol. The van der Waals surface area contributed by atoms with Crippen LogP contribution in [-0.2, 0) is 6.54 Å². The molecule has 1 amide bonds. The maximum atomic E-state index is 12.4. The van der Waals surface area contributed by atoms with Crippen LogP contribution in [0.15, 0.2) is 60.7 Å². The maximum absolute atomic E-state index is 12.4. The minimum Gasteiger partial charge on any atom is -0.497 e. The van der Waals surface area contributed by atoms with Crippen LogP contribution in [0.4, 0.5) is 0 Å². The van der Waals surface area contributed by atoms with E-state index in [0.717, 1.165) is 10.9 Å². The molecule has 0 aliphatic heterocycles. The van der Waals surface area contributed by atoms with Gasteiger partial charge in [-0.15, -0.1) is 0 Å². The van der Waals surface area contributed by atoms with Crippen molar-refractivity contribution in [2.24, 2.45) is 0 Å². The molecule has 24 heavy (non-hydrogen) atoms. The Morgan fingerprint density at radius 2 is 1.54 bits per heavy atom. The third kappa shape index (κ3) is 3.49.